The van der Waals surface area contributed by atoms with Crippen molar-refractivity contribution in [2.45, 2.75) is 13.0 Å². The molecule has 18 heavy (non-hydrogen) atoms. The molecule has 0 amide bonds. The molecular weight excluding hydrogens is 228 g/mol. The lowest BCUT2D eigenvalue weighted by Crippen LogP contribution is -2.44. The first-order valence-corrected chi connectivity index (χ1v) is 6.60. The van der Waals surface area contributed by atoms with Gasteiger partial charge in [0.25, 0.3) is 0 Å². The summed E-state index contributed by atoms with van der Waals surface area (Å²) in [7, 11) is 2.17. The Morgan fingerprint density at radius 2 is 1.94 bits per heavy atom. The number of likely N-dealkylation sites (N-methyl/N-ethyl adjacent to an activating group) is 1. The van der Waals surface area contributed by atoms with Gasteiger partial charge >= 0.3 is 0 Å². The highest BCUT2D eigenvalue weighted by Gasteiger charge is 2.24. The van der Waals surface area contributed by atoms with Gasteiger partial charge in [0.05, 0.1) is 5.69 Å². The molecule has 1 unspecified atom stereocenters. The molecule has 4 heteroatoms. The van der Waals surface area contributed by atoms with Crippen LogP contribution >= 0.6 is 0 Å². The summed E-state index contributed by atoms with van der Waals surface area (Å²) in [6.07, 6.45) is 0.131. The second kappa shape index (κ2) is 4.69. The number of piperazine rings is 1. The molecule has 0 aromatic heterocycles. The number of nitrogens with zero attached hydrogens (tertiary/aromatic N) is 2. The Balaban J connectivity index is 1.88. The molecule has 2 aliphatic heterocycles. The third-order valence-corrected chi connectivity index (χ3v) is 3.59. The zero-order valence-electron chi connectivity index (χ0n) is 11.1. The maximum atomic E-state index is 5.96. The van der Waals surface area contributed by atoms with Crippen LogP contribution in [0.15, 0.2) is 18.2 Å². The minimum atomic E-state index is 0.131. The molecule has 2 heterocycles. The van der Waals surface area contributed by atoms with E-state index in [2.05, 4.69) is 22.9 Å². The van der Waals surface area contributed by atoms with E-state index in [4.69, 9.17) is 9.47 Å². The Labute approximate surface area is 108 Å². The fourth-order valence-corrected chi connectivity index (χ4v) is 2.48. The van der Waals surface area contributed by atoms with Crippen LogP contribution in [-0.4, -0.2) is 50.8 Å². The molecule has 0 aliphatic carbocycles. The number of rotatable bonds is 1. The predicted molar refractivity (Wildman–Crippen MR) is 71.7 cm³/mol. The number of anilines is 1. The van der Waals surface area contributed by atoms with Gasteiger partial charge in [-0.2, -0.15) is 0 Å². The Morgan fingerprint density at radius 3 is 2.72 bits per heavy atom. The summed E-state index contributed by atoms with van der Waals surface area (Å²) in [5.74, 6) is 1.80. The van der Waals surface area contributed by atoms with Gasteiger partial charge in [-0.05, 0) is 26.1 Å². The number of para-hydroxylation sites is 1. The highest BCUT2D eigenvalue weighted by Crippen LogP contribution is 2.40. The molecule has 1 saturated heterocycles. The van der Waals surface area contributed by atoms with E-state index in [0.717, 1.165) is 37.7 Å². The highest BCUT2D eigenvalue weighted by atomic mass is 16.6. The lowest BCUT2D eigenvalue weighted by atomic mass is 10.2. The number of hydrogen-bond donors (Lipinski definition) is 0. The average molecular weight is 248 g/mol. The van der Waals surface area contributed by atoms with Crippen molar-refractivity contribution in [3.63, 3.8) is 0 Å². The number of fused-ring (bicyclic) bond motifs is 1. The molecule has 2 aliphatic rings. The maximum absolute atomic E-state index is 5.96. The first kappa shape index (κ1) is 11.7. The lowest BCUT2D eigenvalue weighted by Gasteiger charge is -2.36. The van der Waals surface area contributed by atoms with Crippen LogP contribution in [0.4, 0.5) is 5.69 Å². The SMILES string of the molecule is CC1COc2cccc(N3CCN(C)CC3)c2O1. The van der Waals surface area contributed by atoms with Crippen LogP contribution in [0, 0.1) is 0 Å². The molecule has 0 spiro atoms. The Morgan fingerprint density at radius 1 is 1.17 bits per heavy atom. The van der Waals surface area contributed by atoms with Gasteiger partial charge in [0.2, 0.25) is 0 Å². The standard InChI is InChI=1S/C14H20N2O2/c1-11-10-17-13-5-3-4-12(14(13)18-11)16-8-6-15(2)7-9-16/h3-5,11H,6-10H2,1-2H3. The second-order valence-electron chi connectivity index (χ2n) is 5.13. The first-order chi connectivity index (χ1) is 8.74. The Hall–Kier alpha value is -1.42. The van der Waals surface area contributed by atoms with Crippen LogP contribution < -0.4 is 14.4 Å². The summed E-state index contributed by atoms with van der Waals surface area (Å²) in [5, 5.41) is 0. The van der Waals surface area contributed by atoms with Crippen molar-refractivity contribution in [2.24, 2.45) is 0 Å². The fraction of sp³-hybridized carbons (Fsp3) is 0.571. The van der Waals surface area contributed by atoms with Crippen LogP contribution in [-0.2, 0) is 0 Å². The molecule has 4 nitrogen and oxygen atoms in total. The molecule has 1 aromatic carbocycles. The van der Waals surface area contributed by atoms with Crippen molar-refractivity contribution in [2.75, 3.05) is 44.7 Å². The fourth-order valence-electron chi connectivity index (χ4n) is 2.48. The summed E-state index contributed by atoms with van der Waals surface area (Å²) in [4.78, 5) is 4.74. The molecule has 1 fully saturated rings. The van der Waals surface area contributed by atoms with E-state index in [9.17, 15) is 0 Å². The molecule has 1 atom stereocenters. The van der Waals surface area contributed by atoms with Crippen LogP contribution in [0.25, 0.3) is 0 Å². The van der Waals surface area contributed by atoms with E-state index in [0.29, 0.717) is 6.61 Å². The van der Waals surface area contributed by atoms with Gasteiger partial charge in [0.1, 0.15) is 12.7 Å². The lowest BCUT2D eigenvalue weighted by molar-refractivity contribution is 0.104. The van der Waals surface area contributed by atoms with Crippen molar-refractivity contribution < 1.29 is 9.47 Å². The Bertz CT molecular complexity index is 428. The van der Waals surface area contributed by atoms with Crippen LogP contribution in [0.2, 0.25) is 0 Å². The number of ether oxygens (including phenoxy) is 2. The maximum Gasteiger partial charge on any atom is 0.185 e. The van der Waals surface area contributed by atoms with Gasteiger partial charge in [-0.25, -0.2) is 0 Å². The monoisotopic (exact) mass is 248 g/mol. The zero-order valence-corrected chi connectivity index (χ0v) is 11.1. The Kier molecular flexibility index (Phi) is 3.04. The molecule has 0 N–H and O–H groups in total. The van der Waals surface area contributed by atoms with E-state index >= 15 is 0 Å². The van der Waals surface area contributed by atoms with Gasteiger partial charge in [0, 0.05) is 26.2 Å². The van der Waals surface area contributed by atoms with Crippen LogP contribution in [0.5, 0.6) is 11.5 Å². The third-order valence-electron chi connectivity index (χ3n) is 3.59. The van der Waals surface area contributed by atoms with E-state index in [1.54, 1.807) is 0 Å². The summed E-state index contributed by atoms with van der Waals surface area (Å²) in [6, 6.07) is 6.16. The summed E-state index contributed by atoms with van der Waals surface area (Å²) < 4.78 is 11.7. The zero-order chi connectivity index (χ0) is 12.5. The van der Waals surface area contributed by atoms with Gasteiger partial charge in [-0.1, -0.05) is 6.07 Å². The second-order valence-corrected chi connectivity index (χ2v) is 5.13. The van der Waals surface area contributed by atoms with Crippen molar-refractivity contribution in [3.05, 3.63) is 18.2 Å². The topological polar surface area (TPSA) is 24.9 Å². The molecule has 98 valence electrons. The normalized spacial score (nSPS) is 24.1. The molecule has 0 bridgehead atoms. The van der Waals surface area contributed by atoms with Crippen molar-refractivity contribution >= 4 is 5.69 Å². The summed E-state index contributed by atoms with van der Waals surface area (Å²) in [5.41, 5.74) is 1.17. The molecule has 0 saturated carbocycles. The molecular formula is C14H20N2O2. The predicted octanol–water partition coefficient (Wildman–Crippen LogP) is 1.60. The van der Waals surface area contributed by atoms with Gasteiger partial charge in [-0.3, -0.25) is 0 Å². The van der Waals surface area contributed by atoms with E-state index < -0.39 is 0 Å². The van der Waals surface area contributed by atoms with Gasteiger partial charge < -0.3 is 19.3 Å². The highest BCUT2D eigenvalue weighted by molar-refractivity contribution is 5.65. The average Bonchev–Trinajstić information content (AvgIpc) is 2.39. The van der Waals surface area contributed by atoms with E-state index in [1.165, 1.54) is 5.69 Å². The summed E-state index contributed by atoms with van der Waals surface area (Å²) in [6.45, 7) is 6.97. The van der Waals surface area contributed by atoms with Crippen molar-refractivity contribution in [1.29, 1.82) is 0 Å². The van der Waals surface area contributed by atoms with E-state index in [1.807, 2.05) is 19.1 Å². The smallest absolute Gasteiger partial charge is 0.185 e. The largest absolute Gasteiger partial charge is 0.486 e. The van der Waals surface area contributed by atoms with Crippen LogP contribution in [0.1, 0.15) is 6.92 Å². The third kappa shape index (κ3) is 2.12. The van der Waals surface area contributed by atoms with Crippen molar-refractivity contribution in [3.8, 4) is 11.5 Å². The minimum absolute atomic E-state index is 0.131. The molecule has 1 aromatic rings. The van der Waals surface area contributed by atoms with E-state index in [-0.39, 0.29) is 6.10 Å². The minimum Gasteiger partial charge on any atom is -0.486 e. The number of hydrogen-bond acceptors (Lipinski definition) is 4. The quantitative estimate of drug-likeness (QED) is 0.753. The van der Waals surface area contributed by atoms with Crippen LogP contribution in [0.3, 0.4) is 0 Å². The van der Waals surface area contributed by atoms with Crippen molar-refractivity contribution in [1.82, 2.24) is 4.90 Å². The first-order valence-electron chi connectivity index (χ1n) is 6.60. The number of benzene rings is 1. The molecule has 0 radical (unpaired) electrons. The summed E-state index contributed by atoms with van der Waals surface area (Å²) >= 11 is 0. The van der Waals surface area contributed by atoms with Gasteiger partial charge in [-0.15, -0.1) is 0 Å². The molecule has 3 rings (SSSR count). The van der Waals surface area contributed by atoms with Gasteiger partial charge in [0.15, 0.2) is 11.5 Å².